The van der Waals surface area contributed by atoms with Crippen LogP contribution in [-0.2, 0) is 0 Å². The molecule has 96 valence electrons. The van der Waals surface area contributed by atoms with Gasteiger partial charge in [-0.15, -0.1) is 0 Å². The molecule has 0 unspecified atom stereocenters. The zero-order chi connectivity index (χ0) is 12.7. The van der Waals surface area contributed by atoms with Crippen LogP contribution in [0.3, 0.4) is 0 Å². The van der Waals surface area contributed by atoms with Crippen LogP contribution in [0.5, 0.6) is 0 Å². The topological polar surface area (TPSA) is 49.8 Å². The monoisotopic (exact) mass is 256 g/mol. The van der Waals surface area contributed by atoms with Gasteiger partial charge in [0.2, 0.25) is 5.95 Å². The lowest BCUT2D eigenvalue weighted by Crippen LogP contribution is -2.10. The number of aromatic nitrogens is 2. The third kappa shape index (κ3) is 5.22. The average Bonchev–Trinajstić information content (AvgIpc) is 2.29. The molecule has 0 saturated heterocycles. The molecule has 17 heavy (non-hydrogen) atoms. The molecule has 1 rings (SSSR count). The Hall–Kier alpha value is -1.03. The lowest BCUT2D eigenvalue weighted by atomic mass is 10.1. The maximum absolute atomic E-state index is 6.03. The van der Waals surface area contributed by atoms with Crippen LogP contribution in [0.2, 0.25) is 5.02 Å². The summed E-state index contributed by atoms with van der Waals surface area (Å²) in [7, 11) is 0. The highest BCUT2D eigenvalue weighted by Crippen LogP contribution is 2.19. The van der Waals surface area contributed by atoms with Crippen LogP contribution < -0.4 is 10.6 Å². The van der Waals surface area contributed by atoms with Crippen molar-refractivity contribution in [2.75, 3.05) is 23.7 Å². The van der Waals surface area contributed by atoms with Crippen LogP contribution in [0.25, 0.3) is 0 Å². The van der Waals surface area contributed by atoms with Gasteiger partial charge in [0.25, 0.3) is 0 Å². The van der Waals surface area contributed by atoms with E-state index < -0.39 is 0 Å². The van der Waals surface area contributed by atoms with E-state index in [1.54, 1.807) is 6.20 Å². The molecule has 0 fully saturated rings. The van der Waals surface area contributed by atoms with E-state index in [2.05, 4.69) is 41.4 Å². The smallest absolute Gasteiger partial charge is 0.224 e. The summed E-state index contributed by atoms with van der Waals surface area (Å²) in [5, 5.41) is 6.94. The molecule has 0 aliphatic carbocycles. The second-order valence-electron chi connectivity index (χ2n) is 4.43. The number of hydrogen-bond acceptors (Lipinski definition) is 4. The van der Waals surface area contributed by atoms with E-state index in [4.69, 9.17) is 11.6 Å². The Morgan fingerprint density at radius 1 is 1.29 bits per heavy atom. The summed E-state index contributed by atoms with van der Waals surface area (Å²) in [6.45, 7) is 8.23. The van der Waals surface area contributed by atoms with Gasteiger partial charge in [0.15, 0.2) is 0 Å². The van der Waals surface area contributed by atoms with Gasteiger partial charge < -0.3 is 10.6 Å². The zero-order valence-corrected chi connectivity index (χ0v) is 11.5. The fourth-order valence-electron chi connectivity index (χ4n) is 1.29. The Labute approximate surface area is 108 Å². The van der Waals surface area contributed by atoms with Crippen LogP contribution in [0.1, 0.15) is 33.6 Å². The largest absolute Gasteiger partial charge is 0.369 e. The lowest BCUT2D eigenvalue weighted by molar-refractivity contribution is 0.606. The van der Waals surface area contributed by atoms with Crippen molar-refractivity contribution in [3.05, 3.63) is 11.2 Å². The third-order valence-electron chi connectivity index (χ3n) is 2.29. The van der Waals surface area contributed by atoms with Crippen LogP contribution in [0.4, 0.5) is 11.8 Å². The van der Waals surface area contributed by atoms with Gasteiger partial charge >= 0.3 is 0 Å². The normalized spacial score (nSPS) is 10.6. The van der Waals surface area contributed by atoms with Gasteiger partial charge in [0.1, 0.15) is 10.8 Å². The second-order valence-corrected chi connectivity index (χ2v) is 4.83. The van der Waals surface area contributed by atoms with Crippen LogP contribution in [0, 0.1) is 5.92 Å². The SMILES string of the molecule is CCCNc1ncc(Cl)c(NCCC(C)C)n1. The molecule has 0 saturated carbocycles. The highest BCUT2D eigenvalue weighted by Gasteiger charge is 2.04. The minimum Gasteiger partial charge on any atom is -0.369 e. The summed E-state index contributed by atoms with van der Waals surface area (Å²) in [6, 6.07) is 0. The molecule has 5 heteroatoms. The zero-order valence-electron chi connectivity index (χ0n) is 10.8. The second kappa shape index (κ2) is 7.33. The van der Waals surface area contributed by atoms with Gasteiger partial charge in [0.05, 0.1) is 6.20 Å². The fraction of sp³-hybridized carbons (Fsp3) is 0.667. The van der Waals surface area contributed by atoms with E-state index in [1.807, 2.05) is 0 Å². The molecule has 0 aliphatic rings. The molecule has 1 aromatic heterocycles. The number of rotatable bonds is 7. The van der Waals surface area contributed by atoms with Crippen molar-refractivity contribution >= 4 is 23.4 Å². The predicted octanol–water partition coefficient (Wildman–Crippen LogP) is 3.41. The number of nitrogens with one attached hydrogen (secondary N) is 2. The molecule has 1 aromatic rings. The van der Waals surface area contributed by atoms with Gasteiger partial charge in [-0.25, -0.2) is 4.98 Å². The minimum absolute atomic E-state index is 0.566. The van der Waals surface area contributed by atoms with Crippen molar-refractivity contribution in [3.63, 3.8) is 0 Å². The molecule has 2 N–H and O–H groups in total. The highest BCUT2D eigenvalue weighted by atomic mass is 35.5. The van der Waals surface area contributed by atoms with E-state index in [9.17, 15) is 0 Å². The first kappa shape index (κ1) is 14.0. The molecule has 0 radical (unpaired) electrons. The number of hydrogen-bond donors (Lipinski definition) is 2. The number of anilines is 2. The Balaban J connectivity index is 2.56. The van der Waals surface area contributed by atoms with E-state index in [1.165, 1.54) is 0 Å². The van der Waals surface area contributed by atoms with Crippen molar-refractivity contribution in [1.29, 1.82) is 0 Å². The first-order valence-corrected chi connectivity index (χ1v) is 6.51. The molecular formula is C12H21ClN4. The van der Waals surface area contributed by atoms with Gasteiger partial charge in [-0.2, -0.15) is 4.98 Å². The lowest BCUT2D eigenvalue weighted by Gasteiger charge is -2.10. The van der Waals surface area contributed by atoms with Gasteiger partial charge in [0, 0.05) is 13.1 Å². The fourth-order valence-corrected chi connectivity index (χ4v) is 1.45. The minimum atomic E-state index is 0.566. The average molecular weight is 257 g/mol. The van der Waals surface area contributed by atoms with Gasteiger partial charge in [-0.1, -0.05) is 32.4 Å². The molecule has 0 amide bonds. The maximum Gasteiger partial charge on any atom is 0.224 e. The summed E-state index contributed by atoms with van der Waals surface area (Å²) in [5.74, 6) is 2.00. The van der Waals surface area contributed by atoms with Crippen molar-refractivity contribution < 1.29 is 0 Å². The van der Waals surface area contributed by atoms with Crippen molar-refractivity contribution in [3.8, 4) is 0 Å². The molecule has 0 bridgehead atoms. The van der Waals surface area contributed by atoms with Crippen LogP contribution in [0.15, 0.2) is 6.20 Å². The predicted molar refractivity (Wildman–Crippen MR) is 73.8 cm³/mol. The molecule has 1 heterocycles. The molecular weight excluding hydrogens is 236 g/mol. The van der Waals surface area contributed by atoms with Crippen LogP contribution >= 0.6 is 11.6 Å². The Kier molecular flexibility index (Phi) is 6.05. The van der Waals surface area contributed by atoms with Crippen molar-refractivity contribution in [1.82, 2.24) is 9.97 Å². The van der Waals surface area contributed by atoms with E-state index >= 15 is 0 Å². The summed E-state index contributed by atoms with van der Waals surface area (Å²) in [4.78, 5) is 8.47. The third-order valence-corrected chi connectivity index (χ3v) is 2.57. The Bertz CT molecular complexity index is 341. The first-order chi connectivity index (χ1) is 8.13. The Morgan fingerprint density at radius 3 is 2.71 bits per heavy atom. The summed E-state index contributed by atoms with van der Waals surface area (Å²) in [6.07, 6.45) is 3.77. The molecule has 0 aromatic carbocycles. The quantitative estimate of drug-likeness (QED) is 0.785. The molecule has 0 atom stereocenters. The molecule has 4 nitrogen and oxygen atoms in total. The highest BCUT2D eigenvalue weighted by molar-refractivity contribution is 6.32. The standard InChI is InChI=1S/C12H21ClN4/c1-4-6-15-12-16-8-10(13)11(17-12)14-7-5-9(2)3/h8-9H,4-7H2,1-3H3,(H2,14,15,16,17). The molecule has 0 aliphatic heterocycles. The van der Waals surface area contributed by atoms with Gasteiger partial charge in [-0.3, -0.25) is 0 Å². The number of halogens is 1. The summed E-state index contributed by atoms with van der Waals surface area (Å²) < 4.78 is 0. The van der Waals surface area contributed by atoms with Crippen molar-refractivity contribution in [2.45, 2.75) is 33.6 Å². The van der Waals surface area contributed by atoms with Gasteiger partial charge in [-0.05, 0) is 18.8 Å². The van der Waals surface area contributed by atoms with E-state index in [0.29, 0.717) is 22.7 Å². The Morgan fingerprint density at radius 2 is 2.06 bits per heavy atom. The van der Waals surface area contributed by atoms with E-state index in [0.717, 1.165) is 25.9 Å². The van der Waals surface area contributed by atoms with Crippen LogP contribution in [-0.4, -0.2) is 23.1 Å². The molecule has 0 spiro atoms. The van der Waals surface area contributed by atoms with E-state index in [-0.39, 0.29) is 0 Å². The maximum atomic E-state index is 6.03. The first-order valence-electron chi connectivity index (χ1n) is 6.13. The number of nitrogens with zero attached hydrogens (tertiary/aromatic N) is 2. The summed E-state index contributed by atoms with van der Waals surface area (Å²) >= 11 is 6.03. The summed E-state index contributed by atoms with van der Waals surface area (Å²) in [5.41, 5.74) is 0. The van der Waals surface area contributed by atoms with Crippen molar-refractivity contribution in [2.24, 2.45) is 5.92 Å².